The molecule has 0 spiro atoms. The van der Waals surface area contributed by atoms with Crippen molar-refractivity contribution in [1.82, 2.24) is 0 Å². The van der Waals surface area contributed by atoms with Gasteiger partial charge in [-0.05, 0) is 44.0 Å². The number of benzene rings is 2. The molecule has 0 fully saturated rings. The highest BCUT2D eigenvalue weighted by Crippen LogP contribution is 2.25. The average molecular weight is 545 g/mol. The van der Waals surface area contributed by atoms with Crippen molar-refractivity contribution >= 4 is 68.1 Å². The second-order valence-corrected chi connectivity index (χ2v) is 6.01. The predicted octanol–water partition coefficient (Wildman–Crippen LogP) is 4.09. The Balaban J connectivity index is 0. The number of oxime groups is 1. The molecule has 11 nitrogen and oxygen atoms in total. The highest BCUT2D eigenvalue weighted by molar-refractivity contribution is 9.11. The fraction of sp³-hybridized carbons (Fsp3) is 0. The third-order valence-electron chi connectivity index (χ3n) is 2.68. The molecule has 14 heteroatoms. The maximum Gasteiger partial charge on any atom is 0.284 e. The minimum atomic E-state index is -0.545. The van der Waals surface area contributed by atoms with Crippen LogP contribution in [-0.2, 0) is 0 Å². The van der Waals surface area contributed by atoms with Crippen LogP contribution in [-0.4, -0.2) is 32.8 Å². The van der Waals surface area contributed by atoms with Crippen molar-refractivity contribution in [2.45, 2.75) is 0 Å². The molecule has 0 saturated carbocycles. The molecule has 2 rings (SSSR count). The molecule has 4 N–H and O–H groups in total. The minimum absolute atomic E-state index is 0. The van der Waals surface area contributed by atoms with Crippen molar-refractivity contribution < 1.29 is 25.1 Å². The normalized spacial score (nSPS) is 9.14. The lowest BCUT2D eigenvalue weighted by molar-refractivity contribution is -0.385. The monoisotopic (exact) mass is 542 g/mol. The number of aldehydes is 1. The summed E-state index contributed by atoms with van der Waals surface area (Å²) in [5.41, 5.74) is 0.610. The molecule has 0 radical (unpaired) electrons. The Morgan fingerprint density at radius 1 is 0.929 bits per heavy atom. The minimum Gasteiger partial charge on any atom is -0.411 e. The van der Waals surface area contributed by atoms with Crippen LogP contribution < -0.4 is 5.90 Å². The molecular weight excluding hydrogens is 531 g/mol. The zero-order valence-corrected chi connectivity index (χ0v) is 17.6. The fourth-order valence-electron chi connectivity index (χ4n) is 1.56. The first-order valence-electron chi connectivity index (χ1n) is 6.56. The van der Waals surface area contributed by atoms with Crippen LogP contribution >= 0.6 is 44.3 Å². The third kappa shape index (κ3) is 8.96. The van der Waals surface area contributed by atoms with Gasteiger partial charge in [-0.1, -0.05) is 17.3 Å². The lowest BCUT2D eigenvalue weighted by Gasteiger charge is -1.95. The van der Waals surface area contributed by atoms with Crippen molar-refractivity contribution in [2.24, 2.45) is 11.1 Å². The molecule has 0 aliphatic heterocycles. The Morgan fingerprint density at radius 3 is 1.68 bits per heavy atom. The fourth-order valence-corrected chi connectivity index (χ4v) is 2.34. The predicted molar refractivity (Wildman–Crippen MR) is 110 cm³/mol. The SMILES string of the molecule is Cl.NO.O=Cc1ccc(Br)c([N+](=O)[O-])c1.O=[N+]([O-])c1cc(/C=N/O)ccc1Br. The molecule has 0 aliphatic rings. The van der Waals surface area contributed by atoms with E-state index in [2.05, 4.69) is 42.9 Å². The van der Waals surface area contributed by atoms with Crippen molar-refractivity contribution in [3.05, 3.63) is 76.7 Å². The van der Waals surface area contributed by atoms with Crippen LogP contribution in [0.1, 0.15) is 15.9 Å². The standard InChI is InChI=1S/C7H5BrN2O3.C7H4BrNO3.ClH.H3NO/c8-6-2-1-5(4-9-11)3-7(6)10(12)13;8-6-2-1-5(4-10)3-7(6)9(11)12;;1-2/h1-4,11H;1-4H;1H;2H,1H2/b9-4+;;;. The average Bonchev–Trinajstić information content (AvgIpc) is 2.65. The summed E-state index contributed by atoms with van der Waals surface area (Å²) in [5, 5.41) is 38.3. The van der Waals surface area contributed by atoms with Gasteiger partial charge in [0.25, 0.3) is 11.4 Å². The summed E-state index contributed by atoms with van der Waals surface area (Å²) in [4.78, 5) is 30.0. The molecule has 152 valence electrons. The smallest absolute Gasteiger partial charge is 0.284 e. The first-order chi connectivity index (χ1) is 12.8. The molecule has 0 aromatic heterocycles. The van der Waals surface area contributed by atoms with E-state index < -0.39 is 9.85 Å². The number of nitro benzene ring substituents is 2. The van der Waals surface area contributed by atoms with Gasteiger partial charge in [0.05, 0.1) is 25.0 Å². The summed E-state index contributed by atoms with van der Waals surface area (Å²) < 4.78 is 0.769. The Kier molecular flexibility index (Phi) is 14.5. The van der Waals surface area contributed by atoms with E-state index in [-0.39, 0.29) is 23.8 Å². The molecule has 0 unspecified atom stereocenters. The van der Waals surface area contributed by atoms with E-state index in [0.717, 1.165) is 6.21 Å². The van der Waals surface area contributed by atoms with Gasteiger partial charge in [0.2, 0.25) is 0 Å². The van der Waals surface area contributed by atoms with Crippen LogP contribution in [0.25, 0.3) is 0 Å². The molecule has 2 aromatic rings. The first-order valence-corrected chi connectivity index (χ1v) is 8.15. The van der Waals surface area contributed by atoms with Crippen molar-refractivity contribution in [1.29, 1.82) is 0 Å². The molecule has 0 atom stereocenters. The first kappa shape index (κ1) is 27.8. The van der Waals surface area contributed by atoms with Gasteiger partial charge in [0, 0.05) is 23.3 Å². The zero-order valence-electron chi connectivity index (χ0n) is 13.6. The second kappa shape index (κ2) is 14.6. The summed E-state index contributed by atoms with van der Waals surface area (Å²) in [5.74, 6) is 3.50. The molecule has 2 aromatic carbocycles. The van der Waals surface area contributed by atoms with E-state index in [1.54, 1.807) is 6.07 Å². The van der Waals surface area contributed by atoms with Crippen LogP contribution in [0, 0.1) is 20.2 Å². The Bertz CT molecular complexity index is 852. The molecule has 0 saturated heterocycles. The van der Waals surface area contributed by atoms with E-state index in [0.29, 0.717) is 26.4 Å². The van der Waals surface area contributed by atoms with Crippen molar-refractivity contribution in [3.63, 3.8) is 0 Å². The topological polar surface area (TPSA) is 182 Å². The van der Waals surface area contributed by atoms with E-state index >= 15 is 0 Å². The molecule has 28 heavy (non-hydrogen) atoms. The lowest BCUT2D eigenvalue weighted by atomic mass is 10.2. The van der Waals surface area contributed by atoms with Gasteiger partial charge in [0.1, 0.15) is 6.29 Å². The zero-order chi connectivity index (χ0) is 21.0. The van der Waals surface area contributed by atoms with Crippen LogP contribution in [0.4, 0.5) is 11.4 Å². The molecular formula is C14H13Br2ClN4O7. The van der Waals surface area contributed by atoms with E-state index in [4.69, 9.17) is 10.4 Å². The highest BCUT2D eigenvalue weighted by Gasteiger charge is 2.12. The van der Waals surface area contributed by atoms with Crippen molar-refractivity contribution in [3.8, 4) is 0 Å². The maximum absolute atomic E-state index is 10.4. The molecule has 0 bridgehead atoms. The van der Waals surface area contributed by atoms with E-state index in [1.807, 2.05) is 0 Å². The van der Waals surface area contributed by atoms with E-state index in [1.165, 1.54) is 30.3 Å². The number of rotatable bonds is 4. The van der Waals surface area contributed by atoms with Crippen molar-refractivity contribution in [2.75, 3.05) is 0 Å². The molecule has 0 amide bonds. The van der Waals surface area contributed by atoms with Crippen LogP contribution in [0.2, 0.25) is 0 Å². The number of carbonyl (C=O) groups is 1. The number of nitro groups is 2. The largest absolute Gasteiger partial charge is 0.411 e. The van der Waals surface area contributed by atoms with Gasteiger partial charge in [-0.2, -0.15) is 0 Å². The lowest BCUT2D eigenvalue weighted by Crippen LogP contribution is -1.91. The number of carbonyl (C=O) groups excluding carboxylic acids is 1. The van der Waals surface area contributed by atoms with Gasteiger partial charge in [-0.15, -0.1) is 12.4 Å². The number of hydrogen-bond acceptors (Lipinski definition) is 9. The van der Waals surface area contributed by atoms with Crippen LogP contribution in [0.15, 0.2) is 50.5 Å². The summed E-state index contributed by atoms with van der Waals surface area (Å²) in [6.45, 7) is 0. The third-order valence-corrected chi connectivity index (χ3v) is 4.02. The highest BCUT2D eigenvalue weighted by atomic mass is 79.9. The van der Waals surface area contributed by atoms with E-state index in [9.17, 15) is 25.0 Å². The number of hydrogen-bond donors (Lipinski definition) is 3. The van der Waals surface area contributed by atoms with Gasteiger partial charge in [0.15, 0.2) is 0 Å². The van der Waals surface area contributed by atoms with Gasteiger partial charge in [-0.25, -0.2) is 5.90 Å². The maximum atomic E-state index is 10.4. The van der Waals surface area contributed by atoms with Gasteiger partial charge < -0.3 is 10.4 Å². The summed E-state index contributed by atoms with van der Waals surface area (Å²) in [7, 11) is 0. The Labute approximate surface area is 180 Å². The Morgan fingerprint density at radius 2 is 1.32 bits per heavy atom. The van der Waals surface area contributed by atoms with Gasteiger partial charge in [-0.3, -0.25) is 25.0 Å². The number of nitrogens with zero attached hydrogens (tertiary/aromatic N) is 3. The van der Waals surface area contributed by atoms with Crippen LogP contribution in [0.5, 0.6) is 0 Å². The molecule has 0 heterocycles. The summed E-state index contributed by atoms with van der Waals surface area (Å²) >= 11 is 6.04. The molecule has 0 aliphatic carbocycles. The summed E-state index contributed by atoms with van der Waals surface area (Å²) in [6.07, 6.45) is 1.69. The van der Waals surface area contributed by atoms with Crippen LogP contribution in [0.3, 0.4) is 0 Å². The quantitative estimate of drug-likeness (QED) is 0.169. The summed E-state index contributed by atoms with van der Waals surface area (Å²) in [6, 6.07) is 8.62. The second-order valence-electron chi connectivity index (χ2n) is 4.30. The Hall–Kier alpha value is -2.45. The number of nitrogens with two attached hydrogens (primary N) is 1. The van der Waals surface area contributed by atoms with Gasteiger partial charge >= 0.3 is 0 Å². The number of halogens is 3.